The minimum absolute atomic E-state index is 0.138. The Kier molecular flexibility index (Phi) is 7.21. The number of rotatable bonds is 7. The molecule has 0 saturated carbocycles. The second-order valence-corrected chi connectivity index (χ2v) is 10.4. The van der Waals surface area contributed by atoms with Gasteiger partial charge in [-0.25, -0.2) is 0 Å². The normalized spacial score (nSPS) is 28.1. The van der Waals surface area contributed by atoms with Crippen LogP contribution in [0.25, 0.3) is 0 Å². The van der Waals surface area contributed by atoms with Crippen LogP contribution in [0, 0.1) is 0 Å². The van der Waals surface area contributed by atoms with Gasteiger partial charge in [0.15, 0.2) is 6.10 Å². The first-order valence-electron chi connectivity index (χ1n) is 12.0. The monoisotopic (exact) mass is 504 g/mol. The van der Waals surface area contributed by atoms with Crippen molar-refractivity contribution in [2.24, 2.45) is 0 Å². The number of ether oxygens (including phenoxy) is 2. The molecule has 0 aliphatic carbocycles. The van der Waals surface area contributed by atoms with Crippen LogP contribution in [0.15, 0.2) is 42.5 Å². The molecule has 2 aromatic carbocycles. The first kappa shape index (κ1) is 23.7. The van der Waals surface area contributed by atoms with Crippen LogP contribution >= 0.6 is 23.2 Å². The van der Waals surface area contributed by atoms with Gasteiger partial charge in [-0.15, -0.1) is 0 Å². The van der Waals surface area contributed by atoms with Gasteiger partial charge in [0.05, 0.1) is 12.7 Å². The summed E-state index contributed by atoms with van der Waals surface area (Å²) in [5, 5.41) is 14.9. The number of hydrogen-bond donors (Lipinski definition) is 2. The van der Waals surface area contributed by atoms with Crippen molar-refractivity contribution >= 4 is 29.1 Å². The summed E-state index contributed by atoms with van der Waals surface area (Å²) in [6, 6.07) is 13.7. The molecular weight excluding hydrogens is 475 g/mol. The number of aliphatic hydroxyl groups is 1. The first-order chi connectivity index (χ1) is 16.5. The summed E-state index contributed by atoms with van der Waals surface area (Å²) in [5.74, 6) is 1.22. The fraction of sp³-hybridized carbons (Fsp3) is 0.500. The Morgan fingerprint density at radius 2 is 1.76 bits per heavy atom. The highest BCUT2D eigenvalue weighted by molar-refractivity contribution is 6.30. The molecule has 34 heavy (non-hydrogen) atoms. The summed E-state index contributed by atoms with van der Waals surface area (Å²) in [6.45, 7) is 1.67. The number of halogens is 2. The Morgan fingerprint density at radius 1 is 1.06 bits per heavy atom. The van der Waals surface area contributed by atoms with Gasteiger partial charge in [-0.3, -0.25) is 9.69 Å². The topological polar surface area (TPSA) is 71.0 Å². The molecule has 0 unspecified atom stereocenters. The van der Waals surface area contributed by atoms with E-state index in [4.69, 9.17) is 32.7 Å². The molecule has 0 aromatic heterocycles. The lowest BCUT2D eigenvalue weighted by Crippen LogP contribution is -2.53. The number of carbonyl (C=O) groups is 1. The molecule has 1 amide bonds. The molecule has 3 heterocycles. The van der Waals surface area contributed by atoms with Crippen molar-refractivity contribution in [3.05, 3.63) is 58.1 Å². The summed E-state index contributed by atoms with van der Waals surface area (Å²) < 4.78 is 11.7. The highest BCUT2D eigenvalue weighted by atomic mass is 35.5. The maximum Gasteiger partial charge on any atom is 0.261 e. The fourth-order valence-electron chi connectivity index (χ4n) is 5.60. The zero-order valence-corrected chi connectivity index (χ0v) is 20.5. The second-order valence-electron chi connectivity index (χ2n) is 9.50. The molecule has 8 heteroatoms. The molecule has 3 aliphatic heterocycles. The predicted molar refractivity (Wildman–Crippen MR) is 132 cm³/mol. The van der Waals surface area contributed by atoms with E-state index < -0.39 is 12.2 Å². The third-order valence-electron chi connectivity index (χ3n) is 7.20. The van der Waals surface area contributed by atoms with Gasteiger partial charge in [-0.1, -0.05) is 23.2 Å². The van der Waals surface area contributed by atoms with Crippen LogP contribution in [0.1, 0.15) is 50.2 Å². The van der Waals surface area contributed by atoms with Crippen molar-refractivity contribution in [1.82, 2.24) is 10.2 Å². The van der Waals surface area contributed by atoms with Crippen LogP contribution in [-0.4, -0.2) is 53.3 Å². The summed E-state index contributed by atoms with van der Waals surface area (Å²) in [6.07, 6.45) is 3.98. The SMILES string of the molecule is O=C(N[C@@H]1C[C@H]2CC[C@@H](C1)N2CCCOc1ccc(Cl)cc1)[C@H]1C[C@@H](O)c2cc(Cl)ccc2O1. The van der Waals surface area contributed by atoms with Crippen LogP contribution < -0.4 is 14.8 Å². The zero-order valence-electron chi connectivity index (χ0n) is 19.0. The standard InChI is InChI=1S/C26H30Cl2N2O4/c27-16-2-7-21(8-3-16)33-11-1-10-30-19-5-6-20(30)14-18(13-19)29-26(32)25-15-23(31)22-12-17(28)4-9-24(22)34-25/h2-4,7-9,12,18-20,23,25,31H,1,5-6,10-11,13-15H2,(H,29,32)/t18-,19-,20+,23-,25-/m1/s1. The number of carbonyl (C=O) groups excluding carboxylic acids is 1. The van der Waals surface area contributed by atoms with Crippen molar-refractivity contribution < 1.29 is 19.4 Å². The number of amides is 1. The van der Waals surface area contributed by atoms with Crippen molar-refractivity contribution in [3.8, 4) is 11.5 Å². The van der Waals surface area contributed by atoms with Crippen LogP contribution in [0.5, 0.6) is 11.5 Å². The Balaban J connectivity index is 1.09. The van der Waals surface area contributed by atoms with Crippen LogP contribution in [0.2, 0.25) is 10.0 Å². The number of hydrogen-bond acceptors (Lipinski definition) is 5. The van der Waals surface area contributed by atoms with Crippen molar-refractivity contribution in [3.63, 3.8) is 0 Å². The average Bonchev–Trinajstić information content (AvgIpc) is 3.06. The lowest BCUT2D eigenvalue weighted by molar-refractivity contribution is -0.131. The van der Waals surface area contributed by atoms with Crippen molar-refractivity contribution in [1.29, 1.82) is 0 Å². The Morgan fingerprint density at radius 3 is 2.50 bits per heavy atom. The minimum atomic E-state index is -0.758. The molecule has 2 aromatic rings. The number of nitrogens with one attached hydrogen (secondary N) is 1. The van der Waals surface area contributed by atoms with E-state index in [0.29, 0.717) is 40.0 Å². The van der Waals surface area contributed by atoms with Gasteiger partial charge in [0.25, 0.3) is 5.91 Å². The highest BCUT2D eigenvalue weighted by Gasteiger charge is 2.41. The number of piperidine rings is 1. The molecule has 2 fully saturated rings. The number of benzene rings is 2. The van der Waals surface area contributed by atoms with E-state index in [1.165, 1.54) is 12.8 Å². The molecule has 2 bridgehead atoms. The molecule has 2 N–H and O–H groups in total. The minimum Gasteiger partial charge on any atom is -0.494 e. The molecule has 3 aliphatic rings. The molecule has 2 saturated heterocycles. The van der Waals surface area contributed by atoms with Gasteiger partial charge in [0, 0.05) is 46.7 Å². The summed E-state index contributed by atoms with van der Waals surface area (Å²) in [4.78, 5) is 15.6. The van der Waals surface area contributed by atoms with Crippen LogP contribution in [0.3, 0.4) is 0 Å². The molecule has 0 radical (unpaired) electrons. The Hall–Kier alpha value is -1.99. The van der Waals surface area contributed by atoms with E-state index in [1.807, 2.05) is 24.3 Å². The maximum atomic E-state index is 13.0. The number of nitrogens with zero attached hydrogens (tertiary/aromatic N) is 1. The molecule has 6 nitrogen and oxygen atoms in total. The van der Waals surface area contributed by atoms with Gasteiger partial charge in [0.2, 0.25) is 0 Å². The summed E-state index contributed by atoms with van der Waals surface area (Å²) in [7, 11) is 0. The highest BCUT2D eigenvalue weighted by Crippen LogP contribution is 2.38. The van der Waals surface area contributed by atoms with Crippen molar-refractivity contribution in [2.45, 2.75) is 68.9 Å². The van der Waals surface area contributed by atoms with Gasteiger partial charge in [0.1, 0.15) is 11.5 Å². The Bertz CT molecular complexity index is 1000. The molecule has 5 rings (SSSR count). The summed E-state index contributed by atoms with van der Waals surface area (Å²) in [5.41, 5.74) is 0.642. The molecule has 0 spiro atoms. The Labute approximate surface area is 210 Å². The van der Waals surface area contributed by atoms with E-state index in [0.717, 1.165) is 31.6 Å². The van der Waals surface area contributed by atoms with E-state index >= 15 is 0 Å². The molecule has 182 valence electrons. The lowest BCUT2D eigenvalue weighted by atomic mass is 9.95. The smallest absolute Gasteiger partial charge is 0.261 e. The third-order valence-corrected chi connectivity index (χ3v) is 7.69. The van der Waals surface area contributed by atoms with E-state index in [2.05, 4.69) is 10.2 Å². The number of fused-ring (bicyclic) bond motifs is 3. The fourth-order valence-corrected chi connectivity index (χ4v) is 5.90. The van der Waals surface area contributed by atoms with Crippen LogP contribution in [0.4, 0.5) is 0 Å². The van der Waals surface area contributed by atoms with E-state index in [9.17, 15) is 9.90 Å². The second kappa shape index (κ2) is 10.3. The average molecular weight is 505 g/mol. The zero-order chi connectivity index (χ0) is 23.7. The van der Waals surface area contributed by atoms with Crippen LogP contribution in [-0.2, 0) is 4.79 Å². The number of aliphatic hydroxyl groups excluding tert-OH is 1. The van der Waals surface area contributed by atoms with E-state index in [1.54, 1.807) is 18.2 Å². The van der Waals surface area contributed by atoms with Gasteiger partial charge in [-0.2, -0.15) is 0 Å². The van der Waals surface area contributed by atoms with E-state index in [-0.39, 0.29) is 18.4 Å². The first-order valence-corrected chi connectivity index (χ1v) is 12.8. The van der Waals surface area contributed by atoms with Gasteiger partial charge >= 0.3 is 0 Å². The van der Waals surface area contributed by atoms with Crippen molar-refractivity contribution in [2.75, 3.05) is 13.2 Å². The predicted octanol–water partition coefficient (Wildman–Crippen LogP) is 4.76. The largest absolute Gasteiger partial charge is 0.494 e. The quantitative estimate of drug-likeness (QED) is 0.532. The molecule has 5 atom stereocenters. The lowest BCUT2D eigenvalue weighted by Gasteiger charge is -2.40. The maximum absolute atomic E-state index is 13.0. The van der Waals surface area contributed by atoms with Gasteiger partial charge < -0.3 is 19.9 Å². The van der Waals surface area contributed by atoms with Gasteiger partial charge in [-0.05, 0) is 74.6 Å². The summed E-state index contributed by atoms with van der Waals surface area (Å²) >= 11 is 11.9. The third kappa shape index (κ3) is 5.30. The molecular formula is C26H30Cl2N2O4.